The van der Waals surface area contributed by atoms with E-state index in [2.05, 4.69) is 50.4 Å². The minimum Gasteiger partial charge on any atom is -0.456 e. The average molecular weight is 1080 g/mol. The molecule has 0 spiro atoms. The maximum atomic E-state index is 13.6. The number of nitrogens with one attached hydrogen (secondary N) is 1. The molecule has 0 heterocycles. The number of unbranched alkanes of at least 4 members (excludes halogenated alkanes) is 39. The van der Waals surface area contributed by atoms with Crippen LogP contribution in [0.15, 0.2) is 36.5 Å². The Morgan fingerprint density at radius 2 is 0.787 bits per heavy atom. The number of carbonyl (C=O) groups excluding carboxylic acids is 2. The van der Waals surface area contributed by atoms with E-state index in [0.29, 0.717) is 17.4 Å². The molecule has 0 radical (unpaired) electrons. The van der Waals surface area contributed by atoms with Gasteiger partial charge in [-0.3, -0.25) is 18.6 Å². The summed E-state index contributed by atoms with van der Waals surface area (Å²) in [7, 11) is 1.50. The first-order valence-electron chi connectivity index (χ1n) is 32.3. The van der Waals surface area contributed by atoms with Gasteiger partial charge in [0.1, 0.15) is 19.3 Å². The number of rotatable bonds is 59. The molecule has 0 aromatic heterocycles. The molecule has 0 aliphatic rings. The second-order valence-corrected chi connectivity index (χ2v) is 24.7. The summed E-state index contributed by atoms with van der Waals surface area (Å²) in [5.41, 5.74) is 0. The first-order valence-corrected chi connectivity index (χ1v) is 33.8. The highest BCUT2D eigenvalue weighted by molar-refractivity contribution is 7.47. The van der Waals surface area contributed by atoms with E-state index >= 15 is 0 Å². The van der Waals surface area contributed by atoms with Gasteiger partial charge in [-0.2, -0.15) is 0 Å². The number of hydrogen-bond donors (Lipinski definition) is 2. The summed E-state index contributed by atoms with van der Waals surface area (Å²) in [6, 6.07) is -0.847. The van der Waals surface area contributed by atoms with E-state index in [1.165, 1.54) is 199 Å². The Morgan fingerprint density at radius 1 is 0.453 bits per heavy atom. The zero-order chi connectivity index (χ0) is 55.0. The molecule has 0 saturated carbocycles. The summed E-state index contributed by atoms with van der Waals surface area (Å²) in [4.78, 5) is 37.7. The van der Waals surface area contributed by atoms with Crippen LogP contribution in [0.4, 0.5) is 0 Å². The predicted molar refractivity (Wildman–Crippen MR) is 323 cm³/mol. The number of likely N-dealkylation sites (N-methyl/N-ethyl adjacent to an activating group) is 1. The Balaban J connectivity index is 5.04. The van der Waals surface area contributed by atoms with Gasteiger partial charge in [0.25, 0.3) is 0 Å². The lowest BCUT2D eigenvalue weighted by Crippen LogP contribution is -2.47. The SMILES string of the molecule is CCCC/C=C\CCCCCCCC(=O)OC(/C=C/CCCCCCCCCCCCC)C(COP(=O)(O)OCC[N+](C)(C)C)NC(=O)CCCCCCCCCCCCCCCCC/C=C/CCCCCCCC. The van der Waals surface area contributed by atoms with Crippen molar-refractivity contribution < 1.29 is 37.3 Å². The zero-order valence-corrected chi connectivity index (χ0v) is 51.5. The van der Waals surface area contributed by atoms with Gasteiger partial charge in [0.05, 0.1) is 33.8 Å². The van der Waals surface area contributed by atoms with Crippen LogP contribution in [0.25, 0.3) is 0 Å². The van der Waals surface area contributed by atoms with Gasteiger partial charge in [-0.1, -0.05) is 263 Å². The molecular formula is C65H126N2O7P+. The highest BCUT2D eigenvalue weighted by Crippen LogP contribution is 2.43. The molecule has 75 heavy (non-hydrogen) atoms. The summed E-state index contributed by atoms with van der Waals surface area (Å²) >= 11 is 0. The van der Waals surface area contributed by atoms with E-state index in [0.717, 1.165) is 83.5 Å². The number of nitrogens with zero attached hydrogens (tertiary/aromatic N) is 1. The van der Waals surface area contributed by atoms with Gasteiger partial charge >= 0.3 is 13.8 Å². The van der Waals surface area contributed by atoms with Crippen LogP contribution < -0.4 is 5.32 Å². The van der Waals surface area contributed by atoms with Gasteiger partial charge in [-0.15, -0.1) is 0 Å². The van der Waals surface area contributed by atoms with Crippen LogP contribution in [-0.2, 0) is 27.9 Å². The molecule has 1 amide bonds. The van der Waals surface area contributed by atoms with E-state index in [1.807, 2.05) is 33.3 Å². The van der Waals surface area contributed by atoms with Crippen molar-refractivity contribution in [2.24, 2.45) is 0 Å². The van der Waals surface area contributed by atoms with Gasteiger partial charge in [0.2, 0.25) is 5.91 Å². The maximum Gasteiger partial charge on any atom is 0.472 e. The molecule has 442 valence electrons. The Bertz CT molecular complexity index is 1380. The number of phosphoric acid groups is 1. The van der Waals surface area contributed by atoms with Gasteiger partial charge in [0, 0.05) is 12.8 Å². The van der Waals surface area contributed by atoms with E-state index < -0.39 is 20.0 Å². The fraction of sp³-hybridized carbons (Fsp3) is 0.877. The summed E-state index contributed by atoms with van der Waals surface area (Å²) in [6.45, 7) is 7.00. The molecule has 0 fully saturated rings. The lowest BCUT2D eigenvalue weighted by Gasteiger charge is -2.27. The van der Waals surface area contributed by atoms with Gasteiger partial charge < -0.3 is 19.4 Å². The molecule has 0 aromatic rings. The van der Waals surface area contributed by atoms with E-state index in [1.54, 1.807) is 0 Å². The molecule has 0 aromatic carbocycles. The molecule has 3 atom stereocenters. The molecule has 0 aliphatic carbocycles. The topological polar surface area (TPSA) is 111 Å². The number of quaternary nitrogens is 1. The highest BCUT2D eigenvalue weighted by atomic mass is 31.2. The molecule has 0 rings (SSSR count). The number of phosphoric ester groups is 1. The third kappa shape index (κ3) is 56.8. The molecule has 10 heteroatoms. The largest absolute Gasteiger partial charge is 0.472 e. The van der Waals surface area contributed by atoms with Crippen LogP contribution in [0.2, 0.25) is 0 Å². The molecule has 9 nitrogen and oxygen atoms in total. The summed E-state index contributed by atoms with van der Waals surface area (Å²) in [6.07, 6.45) is 67.3. The van der Waals surface area contributed by atoms with Crippen LogP contribution in [0, 0.1) is 0 Å². The second kappa shape index (κ2) is 55.5. The summed E-state index contributed by atoms with van der Waals surface area (Å²) in [5, 5.41) is 3.06. The minimum atomic E-state index is -4.44. The van der Waals surface area contributed by atoms with Crippen molar-refractivity contribution in [1.82, 2.24) is 5.32 Å². The fourth-order valence-corrected chi connectivity index (χ4v) is 10.2. The Morgan fingerprint density at radius 3 is 1.17 bits per heavy atom. The monoisotopic (exact) mass is 1080 g/mol. The van der Waals surface area contributed by atoms with Crippen LogP contribution in [0.1, 0.15) is 316 Å². The van der Waals surface area contributed by atoms with Crippen molar-refractivity contribution in [2.45, 2.75) is 328 Å². The highest BCUT2D eigenvalue weighted by Gasteiger charge is 2.30. The maximum absolute atomic E-state index is 13.6. The van der Waals surface area contributed by atoms with Gasteiger partial charge in [-0.25, -0.2) is 4.57 Å². The number of hydrogen-bond acceptors (Lipinski definition) is 6. The average Bonchev–Trinajstić information content (AvgIpc) is 3.37. The number of amides is 1. The van der Waals surface area contributed by atoms with Crippen molar-refractivity contribution in [3.63, 3.8) is 0 Å². The smallest absolute Gasteiger partial charge is 0.456 e. The van der Waals surface area contributed by atoms with Crippen LogP contribution >= 0.6 is 7.82 Å². The second-order valence-electron chi connectivity index (χ2n) is 23.3. The third-order valence-electron chi connectivity index (χ3n) is 14.6. The standard InChI is InChI=1S/C65H125N2O7P/c1-7-10-13-16-19-22-25-27-28-29-30-31-32-33-34-35-36-37-38-40-43-45-48-51-54-57-64(68)66-62(61-73-75(70,71)72-60-59-67(4,5)6)63(56-53-50-47-44-42-39-26-23-20-17-14-11-8-2)74-65(69)58-55-52-49-46-41-24-21-18-15-12-9-3/h18,21,27-28,53,56,62-63H,7-17,19-20,22-26,29-52,54-55,57-61H2,1-6H3,(H-,66,68,70,71)/p+1/b21-18-,28-27+,56-53+. The zero-order valence-electron chi connectivity index (χ0n) is 50.6. The van der Waals surface area contributed by atoms with Crippen molar-refractivity contribution in [3.05, 3.63) is 36.5 Å². The number of ether oxygens (including phenoxy) is 1. The van der Waals surface area contributed by atoms with Crippen molar-refractivity contribution >= 4 is 19.7 Å². The van der Waals surface area contributed by atoms with E-state index in [4.69, 9.17) is 13.8 Å². The molecule has 2 N–H and O–H groups in total. The number of esters is 1. The van der Waals surface area contributed by atoms with Crippen LogP contribution in [-0.4, -0.2) is 74.3 Å². The summed E-state index contributed by atoms with van der Waals surface area (Å²) < 4.78 is 30.7. The van der Waals surface area contributed by atoms with Crippen LogP contribution in [0.5, 0.6) is 0 Å². The Kier molecular flexibility index (Phi) is 54.2. The first kappa shape index (κ1) is 73.2. The number of allylic oxidation sites excluding steroid dienone is 5. The predicted octanol–water partition coefficient (Wildman–Crippen LogP) is 19.9. The first-order chi connectivity index (χ1) is 36.4. The fourth-order valence-electron chi connectivity index (χ4n) is 9.51. The molecule has 0 aliphatic heterocycles. The van der Waals surface area contributed by atoms with Crippen molar-refractivity contribution in [3.8, 4) is 0 Å². The van der Waals surface area contributed by atoms with E-state index in [-0.39, 0.29) is 31.5 Å². The van der Waals surface area contributed by atoms with Gasteiger partial charge in [-0.05, 0) is 76.7 Å². The van der Waals surface area contributed by atoms with Gasteiger partial charge in [0.15, 0.2) is 0 Å². The molecule has 3 unspecified atom stereocenters. The minimum absolute atomic E-state index is 0.0411. The Hall–Kier alpha value is -1.77. The molecular weight excluding hydrogens is 952 g/mol. The normalized spacial score (nSPS) is 13.9. The lowest BCUT2D eigenvalue weighted by molar-refractivity contribution is -0.870. The quantitative estimate of drug-likeness (QED) is 0.0205. The van der Waals surface area contributed by atoms with Crippen molar-refractivity contribution in [2.75, 3.05) is 40.9 Å². The number of carbonyl (C=O) groups is 2. The molecule has 0 bridgehead atoms. The van der Waals surface area contributed by atoms with Crippen molar-refractivity contribution in [1.29, 1.82) is 0 Å². The molecule has 0 saturated heterocycles. The Labute approximate surface area is 466 Å². The van der Waals surface area contributed by atoms with E-state index in [9.17, 15) is 19.0 Å². The summed E-state index contributed by atoms with van der Waals surface area (Å²) in [5.74, 6) is -0.504. The van der Waals surface area contributed by atoms with Crippen LogP contribution in [0.3, 0.4) is 0 Å². The lowest BCUT2D eigenvalue weighted by atomic mass is 10.0. The third-order valence-corrected chi connectivity index (χ3v) is 15.5.